The predicted octanol–water partition coefficient (Wildman–Crippen LogP) is 3.64. The van der Waals surface area contributed by atoms with E-state index in [9.17, 15) is 9.18 Å². The average molecular weight is 369 g/mol. The Morgan fingerprint density at radius 1 is 1.15 bits per heavy atom. The maximum atomic E-state index is 13.4. The molecule has 0 unspecified atom stereocenters. The lowest BCUT2D eigenvalue weighted by molar-refractivity contribution is -0.130. The second kappa shape index (κ2) is 7.03. The number of nitrogens with zero attached hydrogens (tertiary/aromatic N) is 3. The lowest BCUT2D eigenvalue weighted by Gasteiger charge is -2.34. The molecular weight excluding hydrogens is 349 g/mol. The molecule has 0 radical (unpaired) electrons. The molecule has 1 amide bonds. The second-order valence-corrected chi connectivity index (χ2v) is 7.65. The number of benzene rings is 2. The molecule has 4 nitrogen and oxygen atoms in total. The number of fused-ring (bicyclic) bond motifs is 1. The summed E-state index contributed by atoms with van der Waals surface area (Å²) in [6, 6.07) is 12.8. The van der Waals surface area contributed by atoms with Crippen LogP contribution in [0.1, 0.15) is 11.1 Å². The molecule has 4 rings (SSSR count). The maximum Gasteiger partial charge on any atom is 0.227 e. The topological polar surface area (TPSA) is 36.4 Å². The fourth-order valence-electron chi connectivity index (χ4n) is 3.28. The highest BCUT2D eigenvalue weighted by atomic mass is 32.1. The Bertz CT molecular complexity index is 947. The van der Waals surface area contributed by atoms with Crippen LogP contribution in [-0.2, 0) is 11.2 Å². The van der Waals surface area contributed by atoms with Crippen LogP contribution in [0, 0.1) is 12.7 Å². The highest BCUT2D eigenvalue weighted by molar-refractivity contribution is 7.22. The summed E-state index contributed by atoms with van der Waals surface area (Å²) in [5.74, 6) is -0.0686. The van der Waals surface area contributed by atoms with Crippen molar-refractivity contribution in [2.75, 3.05) is 31.1 Å². The third-order valence-corrected chi connectivity index (χ3v) is 5.76. The first-order chi connectivity index (χ1) is 12.6. The average Bonchev–Trinajstić information content (AvgIpc) is 3.05. The summed E-state index contributed by atoms with van der Waals surface area (Å²) in [6.07, 6.45) is 0.447. The smallest absolute Gasteiger partial charge is 0.227 e. The standard InChI is InChI=1S/C20H20FN3OS/c1-14-3-2-4-15(11-14)12-19(25)23-7-9-24(10-8-23)20-22-17-6-5-16(21)13-18(17)26-20/h2-6,11,13H,7-10,12H2,1H3. The molecule has 0 aliphatic carbocycles. The Labute approximate surface area is 155 Å². The van der Waals surface area contributed by atoms with E-state index in [4.69, 9.17) is 0 Å². The molecule has 1 aromatic heterocycles. The van der Waals surface area contributed by atoms with Gasteiger partial charge in [0, 0.05) is 26.2 Å². The van der Waals surface area contributed by atoms with Gasteiger partial charge in [0.2, 0.25) is 5.91 Å². The fourth-order valence-corrected chi connectivity index (χ4v) is 4.32. The van der Waals surface area contributed by atoms with Gasteiger partial charge in [0.05, 0.1) is 16.6 Å². The molecule has 0 spiro atoms. The third kappa shape index (κ3) is 3.55. The Hall–Kier alpha value is -2.47. The highest BCUT2D eigenvalue weighted by Gasteiger charge is 2.23. The van der Waals surface area contributed by atoms with E-state index in [0.29, 0.717) is 19.5 Å². The van der Waals surface area contributed by atoms with Crippen molar-refractivity contribution in [3.63, 3.8) is 0 Å². The Morgan fingerprint density at radius 2 is 1.96 bits per heavy atom. The number of rotatable bonds is 3. The van der Waals surface area contributed by atoms with Gasteiger partial charge in [-0.15, -0.1) is 0 Å². The Kier molecular flexibility index (Phi) is 4.59. The zero-order valence-corrected chi connectivity index (χ0v) is 15.4. The van der Waals surface area contributed by atoms with Gasteiger partial charge in [-0.05, 0) is 30.7 Å². The van der Waals surface area contributed by atoms with Crippen molar-refractivity contribution in [2.24, 2.45) is 0 Å². The van der Waals surface area contributed by atoms with Crippen molar-refractivity contribution in [3.05, 3.63) is 59.4 Å². The largest absolute Gasteiger partial charge is 0.345 e. The van der Waals surface area contributed by atoms with Crippen LogP contribution in [0.4, 0.5) is 9.52 Å². The zero-order chi connectivity index (χ0) is 18.1. The normalized spacial score (nSPS) is 14.8. The number of thiazole rings is 1. The van der Waals surface area contributed by atoms with Gasteiger partial charge < -0.3 is 9.80 Å². The minimum atomic E-state index is -0.237. The minimum Gasteiger partial charge on any atom is -0.345 e. The number of carbonyl (C=O) groups is 1. The van der Waals surface area contributed by atoms with Crippen LogP contribution >= 0.6 is 11.3 Å². The van der Waals surface area contributed by atoms with E-state index in [1.165, 1.54) is 29.0 Å². The number of amides is 1. The van der Waals surface area contributed by atoms with Gasteiger partial charge in [-0.1, -0.05) is 41.2 Å². The van der Waals surface area contributed by atoms with Crippen molar-refractivity contribution >= 4 is 32.6 Å². The first-order valence-corrected chi connectivity index (χ1v) is 9.54. The number of aryl methyl sites for hydroxylation is 1. The molecule has 1 fully saturated rings. The van der Waals surface area contributed by atoms with Gasteiger partial charge in [-0.2, -0.15) is 0 Å². The van der Waals surface area contributed by atoms with E-state index in [1.807, 2.05) is 30.0 Å². The summed E-state index contributed by atoms with van der Waals surface area (Å²) in [7, 11) is 0. The van der Waals surface area contributed by atoms with Crippen molar-refractivity contribution in [3.8, 4) is 0 Å². The molecule has 0 atom stereocenters. The maximum absolute atomic E-state index is 13.4. The fraction of sp³-hybridized carbons (Fsp3) is 0.300. The summed E-state index contributed by atoms with van der Waals surface area (Å²) < 4.78 is 14.2. The molecule has 3 aromatic rings. The lowest BCUT2D eigenvalue weighted by atomic mass is 10.1. The molecule has 1 aliphatic rings. The lowest BCUT2D eigenvalue weighted by Crippen LogP contribution is -2.49. The highest BCUT2D eigenvalue weighted by Crippen LogP contribution is 2.29. The van der Waals surface area contributed by atoms with E-state index in [0.717, 1.165) is 34.0 Å². The molecule has 26 heavy (non-hydrogen) atoms. The molecule has 6 heteroatoms. The number of piperazine rings is 1. The number of aromatic nitrogens is 1. The summed E-state index contributed by atoms with van der Waals surface area (Å²) >= 11 is 1.50. The van der Waals surface area contributed by atoms with Crippen molar-refractivity contribution in [2.45, 2.75) is 13.3 Å². The van der Waals surface area contributed by atoms with E-state index in [2.05, 4.69) is 16.0 Å². The van der Waals surface area contributed by atoms with E-state index in [-0.39, 0.29) is 11.7 Å². The summed E-state index contributed by atoms with van der Waals surface area (Å²) in [5.41, 5.74) is 3.06. The van der Waals surface area contributed by atoms with Crippen molar-refractivity contribution in [1.82, 2.24) is 9.88 Å². The zero-order valence-electron chi connectivity index (χ0n) is 14.6. The summed E-state index contributed by atoms with van der Waals surface area (Å²) in [6.45, 7) is 4.92. The van der Waals surface area contributed by atoms with Crippen LogP contribution in [0.5, 0.6) is 0 Å². The van der Waals surface area contributed by atoms with E-state index < -0.39 is 0 Å². The number of halogens is 1. The molecule has 2 heterocycles. The van der Waals surface area contributed by atoms with Crippen LogP contribution in [0.25, 0.3) is 10.2 Å². The van der Waals surface area contributed by atoms with Gasteiger partial charge in [0.25, 0.3) is 0 Å². The third-order valence-electron chi connectivity index (χ3n) is 4.68. The van der Waals surface area contributed by atoms with Gasteiger partial charge in [-0.25, -0.2) is 9.37 Å². The van der Waals surface area contributed by atoms with Crippen LogP contribution in [0.3, 0.4) is 0 Å². The van der Waals surface area contributed by atoms with E-state index in [1.54, 1.807) is 6.07 Å². The van der Waals surface area contributed by atoms with Crippen molar-refractivity contribution in [1.29, 1.82) is 0 Å². The molecule has 0 bridgehead atoms. The number of carbonyl (C=O) groups excluding carboxylic acids is 1. The Morgan fingerprint density at radius 3 is 2.73 bits per heavy atom. The summed E-state index contributed by atoms with van der Waals surface area (Å²) in [4.78, 5) is 21.3. The van der Waals surface area contributed by atoms with Crippen LogP contribution < -0.4 is 4.90 Å². The predicted molar refractivity (Wildman–Crippen MR) is 103 cm³/mol. The number of anilines is 1. The molecule has 0 N–H and O–H groups in total. The summed E-state index contributed by atoms with van der Waals surface area (Å²) in [5, 5.41) is 0.899. The monoisotopic (exact) mass is 369 g/mol. The quantitative estimate of drug-likeness (QED) is 0.707. The SMILES string of the molecule is Cc1cccc(CC(=O)N2CCN(c3nc4ccc(F)cc4s3)CC2)c1. The minimum absolute atomic E-state index is 0.168. The van der Waals surface area contributed by atoms with Gasteiger partial charge >= 0.3 is 0 Å². The Balaban J connectivity index is 1.39. The second-order valence-electron chi connectivity index (χ2n) is 6.64. The molecule has 134 valence electrons. The number of hydrogen-bond donors (Lipinski definition) is 0. The van der Waals surface area contributed by atoms with Gasteiger partial charge in [-0.3, -0.25) is 4.79 Å². The molecular formula is C20H20FN3OS. The molecule has 2 aromatic carbocycles. The van der Waals surface area contributed by atoms with Crippen LogP contribution in [-0.4, -0.2) is 42.0 Å². The molecule has 0 saturated carbocycles. The molecule has 1 aliphatic heterocycles. The van der Waals surface area contributed by atoms with Crippen molar-refractivity contribution < 1.29 is 9.18 Å². The van der Waals surface area contributed by atoms with Gasteiger partial charge in [0.15, 0.2) is 5.13 Å². The van der Waals surface area contributed by atoms with Gasteiger partial charge in [0.1, 0.15) is 5.82 Å². The molecule has 1 saturated heterocycles. The first kappa shape index (κ1) is 17.0. The first-order valence-electron chi connectivity index (χ1n) is 8.73. The van der Waals surface area contributed by atoms with Crippen LogP contribution in [0.2, 0.25) is 0 Å². The number of hydrogen-bond acceptors (Lipinski definition) is 4. The van der Waals surface area contributed by atoms with E-state index >= 15 is 0 Å². The van der Waals surface area contributed by atoms with Crippen LogP contribution in [0.15, 0.2) is 42.5 Å².